The maximum atomic E-state index is 10.9. The van der Waals surface area contributed by atoms with Gasteiger partial charge in [-0.05, 0) is 25.9 Å². The van der Waals surface area contributed by atoms with Gasteiger partial charge in [-0.1, -0.05) is 33.1 Å². The predicted octanol–water partition coefficient (Wildman–Crippen LogP) is 2.12. The van der Waals surface area contributed by atoms with E-state index in [2.05, 4.69) is 17.1 Å². The Balaban J connectivity index is 4.03. The number of carboxylic acid groups (broad SMARTS) is 1. The van der Waals surface area contributed by atoms with Crippen LogP contribution in [-0.4, -0.2) is 48.1 Å². The predicted molar refractivity (Wildman–Crippen MR) is 80.7 cm³/mol. The minimum absolute atomic E-state index is 0.0154. The topological polar surface area (TPSA) is 69.6 Å². The van der Waals surface area contributed by atoms with Crippen molar-refractivity contribution in [3.63, 3.8) is 0 Å². The minimum Gasteiger partial charge on any atom is -0.481 e. The fourth-order valence-electron chi connectivity index (χ4n) is 2.09. The Morgan fingerprint density at radius 1 is 1.15 bits per heavy atom. The molecule has 1 atom stereocenters. The first-order chi connectivity index (χ1) is 9.47. The largest absolute Gasteiger partial charge is 0.481 e. The number of nitrogens with one attached hydrogen (secondary N) is 1. The zero-order valence-corrected chi connectivity index (χ0v) is 13.2. The van der Waals surface area contributed by atoms with E-state index in [1.165, 1.54) is 26.2 Å². The van der Waals surface area contributed by atoms with Gasteiger partial charge in [-0.15, -0.1) is 0 Å². The third-order valence-corrected chi connectivity index (χ3v) is 3.31. The van der Waals surface area contributed by atoms with Gasteiger partial charge in [0.2, 0.25) is 5.91 Å². The fourth-order valence-corrected chi connectivity index (χ4v) is 2.09. The van der Waals surface area contributed by atoms with Gasteiger partial charge >= 0.3 is 5.97 Å². The Kier molecular flexibility index (Phi) is 11.1. The molecule has 0 aliphatic heterocycles. The molecule has 0 aromatic carbocycles. The second kappa shape index (κ2) is 11.7. The lowest BCUT2D eigenvalue weighted by molar-refractivity contribution is -0.141. The van der Waals surface area contributed by atoms with E-state index in [0.29, 0.717) is 13.1 Å². The Morgan fingerprint density at radius 3 is 2.35 bits per heavy atom. The summed E-state index contributed by atoms with van der Waals surface area (Å²) in [4.78, 5) is 23.9. The van der Waals surface area contributed by atoms with Gasteiger partial charge in [-0.25, -0.2) is 0 Å². The monoisotopic (exact) mass is 286 g/mol. The van der Waals surface area contributed by atoms with Crippen LogP contribution in [0.15, 0.2) is 0 Å². The number of nitrogens with zero attached hydrogens (tertiary/aromatic N) is 1. The van der Waals surface area contributed by atoms with E-state index in [1.807, 2.05) is 0 Å². The van der Waals surface area contributed by atoms with E-state index in [-0.39, 0.29) is 11.8 Å². The molecule has 0 aliphatic rings. The van der Waals surface area contributed by atoms with Gasteiger partial charge in [-0.3, -0.25) is 9.59 Å². The first kappa shape index (κ1) is 18.9. The normalized spacial score (nSPS) is 12.4. The van der Waals surface area contributed by atoms with Gasteiger partial charge in [0, 0.05) is 20.0 Å². The van der Waals surface area contributed by atoms with Crippen LogP contribution in [0.1, 0.15) is 52.9 Å². The lowest BCUT2D eigenvalue weighted by Crippen LogP contribution is -2.35. The van der Waals surface area contributed by atoms with Gasteiger partial charge in [0.15, 0.2) is 0 Å². The highest BCUT2D eigenvalue weighted by atomic mass is 16.4. The molecule has 2 N–H and O–H groups in total. The average molecular weight is 286 g/mol. The molecule has 5 heteroatoms. The number of hydrogen-bond acceptors (Lipinski definition) is 3. The van der Waals surface area contributed by atoms with Crippen LogP contribution in [-0.2, 0) is 9.59 Å². The van der Waals surface area contributed by atoms with E-state index < -0.39 is 5.97 Å². The molecule has 0 aromatic heterocycles. The van der Waals surface area contributed by atoms with Crippen molar-refractivity contribution >= 4 is 11.9 Å². The first-order valence-corrected chi connectivity index (χ1v) is 7.67. The summed E-state index contributed by atoms with van der Waals surface area (Å²) in [5.41, 5.74) is 0. The maximum absolute atomic E-state index is 10.9. The number of carbonyl (C=O) groups excluding carboxylic acids is 1. The van der Waals surface area contributed by atoms with Gasteiger partial charge in [-0.2, -0.15) is 0 Å². The highest BCUT2D eigenvalue weighted by Crippen LogP contribution is 2.06. The van der Waals surface area contributed by atoms with Crippen LogP contribution in [0, 0.1) is 5.92 Å². The van der Waals surface area contributed by atoms with E-state index in [1.54, 1.807) is 6.92 Å². The van der Waals surface area contributed by atoms with Crippen molar-refractivity contribution in [1.29, 1.82) is 0 Å². The highest BCUT2D eigenvalue weighted by molar-refractivity contribution is 5.72. The Hall–Kier alpha value is -1.10. The lowest BCUT2D eigenvalue weighted by atomic mass is 10.1. The number of amides is 1. The zero-order chi connectivity index (χ0) is 15.4. The van der Waals surface area contributed by atoms with Crippen molar-refractivity contribution in [2.75, 3.05) is 26.2 Å². The van der Waals surface area contributed by atoms with Crippen LogP contribution in [0.5, 0.6) is 0 Å². The molecule has 0 rings (SSSR count). The van der Waals surface area contributed by atoms with Crippen molar-refractivity contribution in [3.05, 3.63) is 0 Å². The number of hydrogen-bond donors (Lipinski definition) is 2. The second-order valence-corrected chi connectivity index (χ2v) is 5.44. The molecule has 0 bridgehead atoms. The second-order valence-electron chi connectivity index (χ2n) is 5.44. The van der Waals surface area contributed by atoms with Gasteiger partial charge < -0.3 is 15.3 Å². The Morgan fingerprint density at radius 2 is 1.80 bits per heavy atom. The maximum Gasteiger partial charge on any atom is 0.307 e. The molecule has 0 saturated heterocycles. The van der Waals surface area contributed by atoms with Crippen LogP contribution in [0.3, 0.4) is 0 Å². The van der Waals surface area contributed by atoms with Crippen molar-refractivity contribution in [2.45, 2.75) is 52.9 Å². The SMILES string of the molecule is CCCCCCN(CCCNC(C)=O)CC(C)C(=O)O. The minimum atomic E-state index is -0.745. The molecule has 0 spiro atoms. The van der Waals surface area contributed by atoms with E-state index in [4.69, 9.17) is 5.11 Å². The molecule has 0 fully saturated rings. The van der Waals surface area contributed by atoms with E-state index in [0.717, 1.165) is 25.9 Å². The van der Waals surface area contributed by atoms with Gasteiger partial charge in [0.05, 0.1) is 5.92 Å². The summed E-state index contributed by atoms with van der Waals surface area (Å²) in [6.07, 6.45) is 5.60. The van der Waals surface area contributed by atoms with Crippen LogP contribution in [0.4, 0.5) is 0 Å². The van der Waals surface area contributed by atoms with Crippen molar-refractivity contribution in [2.24, 2.45) is 5.92 Å². The van der Waals surface area contributed by atoms with Gasteiger partial charge in [0.25, 0.3) is 0 Å². The molecule has 0 aromatic rings. The van der Waals surface area contributed by atoms with E-state index >= 15 is 0 Å². The summed E-state index contributed by atoms with van der Waals surface area (Å²) >= 11 is 0. The summed E-state index contributed by atoms with van der Waals surface area (Å²) < 4.78 is 0. The summed E-state index contributed by atoms with van der Waals surface area (Å²) in [7, 11) is 0. The molecule has 5 nitrogen and oxygen atoms in total. The molecule has 118 valence electrons. The average Bonchev–Trinajstić information content (AvgIpc) is 2.38. The quantitative estimate of drug-likeness (QED) is 0.539. The lowest BCUT2D eigenvalue weighted by Gasteiger charge is -2.24. The highest BCUT2D eigenvalue weighted by Gasteiger charge is 2.15. The summed E-state index contributed by atoms with van der Waals surface area (Å²) in [5.74, 6) is -1.11. The molecule has 1 unspecified atom stereocenters. The third-order valence-electron chi connectivity index (χ3n) is 3.31. The molecule has 0 heterocycles. The standard InChI is InChI=1S/C15H30N2O3/c1-4-5-6-7-10-17(12-13(2)15(19)20)11-8-9-16-14(3)18/h13H,4-12H2,1-3H3,(H,16,18)(H,19,20). The van der Waals surface area contributed by atoms with Crippen LogP contribution in [0.2, 0.25) is 0 Å². The number of carbonyl (C=O) groups is 2. The molecule has 0 radical (unpaired) electrons. The van der Waals surface area contributed by atoms with Crippen molar-refractivity contribution < 1.29 is 14.7 Å². The number of carboxylic acids is 1. The number of aliphatic carboxylic acids is 1. The summed E-state index contributed by atoms with van der Waals surface area (Å²) in [5, 5.41) is 11.8. The summed E-state index contributed by atoms with van der Waals surface area (Å²) in [6.45, 7) is 8.45. The van der Waals surface area contributed by atoms with Gasteiger partial charge in [0.1, 0.15) is 0 Å². The molecular weight excluding hydrogens is 256 g/mol. The molecule has 20 heavy (non-hydrogen) atoms. The number of rotatable bonds is 12. The van der Waals surface area contributed by atoms with Crippen molar-refractivity contribution in [1.82, 2.24) is 10.2 Å². The molecule has 0 aliphatic carbocycles. The number of unbranched alkanes of at least 4 members (excludes halogenated alkanes) is 3. The Bertz CT molecular complexity index is 282. The van der Waals surface area contributed by atoms with Crippen LogP contribution >= 0.6 is 0 Å². The molecular formula is C15H30N2O3. The zero-order valence-electron chi connectivity index (χ0n) is 13.2. The van der Waals surface area contributed by atoms with E-state index in [9.17, 15) is 9.59 Å². The van der Waals surface area contributed by atoms with Crippen LogP contribution in [0.25, 0.3) is 0 Å². The van der Waals surface area contributed by atoms with Crippen molar-refractivity contribution in [3.8, 4) is 0 Å². The smallest absolute Gasteiger partial charge is 0.307 e. The van der Waals surface area contributed by atoms with Crippen LogP contribution < -0.4 is 5.32 Å². The summed E-state index contributed by atoms with van der Waals surface area (Å²) in [6, 6.07) is 0. The first-order valence-electron chi connectivity index (χ1n) is 7.67. The molecule has 1 amide bonds. The Labute approximate surface area is 122 Å². The fraction of sp³-hybridized carbons (Fsp3) is 0.867. The third kappa shape index (κ3) is 10.8. The molecule has 0 saturated carbocycles.